The summed E-state index contributed by atoms with van der Waals surface area (Å²) in [6.45, 7) is 6.49. The number of nitrogens with one attached hydrogen (secondary N) is 2. The lowest BCUT2D eigenvalue weighted by molar-refractivity contribution is -0.141. The number of carbonyl (C=O) groups excluding carboxylic acids is 3. The van der Waals surface area contributed by atoms with Gasteiger partial charge < -0.3 is 20.3 Å². The molecule has 3 fully saturated rings. The van der Waals surface area contributed by atoms with E-state index in [9.17, 15) is 14.4 Å². The third-order valence-corrected chi connectivity index (χ3v) is 8.12. The van der Waals surface area contributed by atoms with E-state index in [4.69, 9.17) is 4.74 Å². The zero-order valence-corrected chi connectivity index (χ0v) is 20.3. The monoisotopic (exact) mass is 465 g/mol. The van der Waals surface area contributed by atoms with Gasteiger partial charge in [-0.05, 0) is 56.4 Å². The molecule has 1 aliphatic carbocycles. The van der Waals surface area contributed by atoms with Crippen molar-refractivity contribution in [2.45, 2.75) is 83.1 Å². The molecule has 182 valence electrons. The Morgan fingerprint density at radius 1 is 1.12 bits per heavy atom. The minimum atomic E-state index is -1.08. The number of ether oxygens (including phenoxy) is 1. The van der Waals surface area contributed by atoms with E-state index in [0.717, 1.165) is 43.2 Å². The summed E-state index contributed by atoms with van der Waals surface area (Å²) in [6, 6.07) is 5.18. The second kappa shape index (κ2) is 8.84. The van der Waals surface area contributed by atoms with E-state index in [0.29, 0.717) is 12.2 Å². The molecule has 1 saturated carbocycles. The molecule has 0 radical (unpaired) electrons. The van der Waals surface area contributed by atoms with Crippen LogP contribution in [0.25, 0.3) is 0 Å². The predicted octanol–water partition coefficient (Wildman–Crippen LogP) is 3.25. The maximum atomic E-state index is 13.7. The van der Waals surface area contributed by atoms with Crippen molar-refractivity contribution in [3.8, 4) is 0 Å². The maximum absolute atomic E-state index is 13.7. The molecule has 7 heteroatoms. The summed E-state index contributed by atoms with van der Waals surface area (Å²) in [7, 11) is 0. The Bertz CT molecular complexity index is 1030. The molecule has 3 heterocycles. The number of hydrogen-bond donors (Lipinski definition) is 2. The summed E-state index contributed by atoms with van der Waals surface area (Å²) in [4.78, 5) is 42.4. The van der Waals surface area contributed by atoms with Gasteiger partial charge in [0.1, 0.15) is 11.6 Å². The van der Waals surface area contributed by atoms with E-state index in [2.05, 4.69) is 10.6 Å². The second-order valence-electron chi connectivity index (χ2n) is 10.4. The third kappa shape index (κ3) is 3.65. The molecule has 34 heavy (non-hydrogen) atoms. The average molecular weight is 466 g/mol. The first kappa shape index (κ1) is 23.1. The minimum Gasteiger partial charge on any atom is -0.359 e. The standard InChI is InChI=1S/C27H35N3O4/c1-4-14-30-23(25(32)28-18-8-6-5-7-9-18)27-13-12-20(34-27)21(22(27)26(30)33)24(31)29-19-11-10-16(2)17(3)15-19/h10-13,15,18,20-23H,4-9,14H2,1-3H3,(H,28,32)(H,29,31). The number of likely N-dealkylation sites (tertiary alicyclic amines) is 1. The lowest BCUT2D eigenvalue weighted by atomic mass is 9.74. The average Bonchev–Trinajstić information content (AvgIpc) is 3.45. The smallest absolute Gasteiger partial charge is 0.246 e. The first-order valence-electron chi connectivity index (χ1n) is 12.7. The topological polar surface area (TPSA) is 87.7 Å². The molecule has 1 aromatic rings. The maximum Gasteiger partial charge on any atom is 0.246 e. The van der Waals surface area contributed by atoms with E-state index in [-0.39, 0.29) is 23.8 Å². The van der Waals surface area contributed by atoms with E-state index in [1.807, 2.05) is 51.1 Å². The molecule has 5 rings (SSSR count). The molecule has 7 nitrogen and oxygen atoms in total. The van der Waals surface area contributed by atoms with Crippen LogP contribution >= 0.6 is 0 Å². The molecule has 3 amide bonds. The Morgan fingerprint density at radius 3 is 2.59 bits per heavy atom. The first-order chi connectivity index (χ1) is 16.4. The number of anilines is 1. The molecule has 1 spiro atoms. The highest BCUT2D eigenvalue weighted by Crippen LogP contribution is 2.55. The lowest BCUT2D eigenvalue weighted by Gasteiger charge is -2.34. The van der Waals surface area contributed by atoms with Gasteiger partial charge in [-0.3, -0.25) is 14.4 Å². The van der Waals surface area contributed by atoms with Gasteiger partial charge in [-0.1, -0.05) is 44.4 Å². The number of carbonyl (C=O) groups is 3. The van der Waals surface area contributed by atoms with Crippen LogP contribution in [0, 0.1) is 25.7 Å². The molecule has 3 aliphatic heterocycles. The normalized spacial score (nSPS) is 32.2. The van der Waals surface area contributed by atoms with E-state index < -0.39 is 29.6 Å². The first-order valence-corrected chi connectivity index (χ1v) is 12.7. The van der Waals surface area contributed by atoms with Crippen molar-refractivity contribution in [2.24, 2.45) is 11.8 Å². The summed E-state index contributed by atoms with van der Waals surface area (Å²) in [5, 5.41) is 6.21. The number of nitrogens with zero attached hydrogens (tertiary/aromatic N) is 1. The fraction of sp³-hybridized carbons (Fsp3) is 0.593. The molecule has 0 aromatic heterocycles. The van der Waals surface area contributed by atoms with E-state index >= 15 is 0 Å². The third-order valence-electron chi connectivity index (χ3n) is 8.12. The van der Waals surface area contributed by atoms with Crippen LogP contribution in [-0.2, 0) is 19.1 Å². The Morgan fingerprint density at radius 2 is 1.88 bits per heavy atom. The largest absolute Gasteiger partial charge is 0.359 e. The van der Waals surface area contributed by atoms with Crippen LogP contribution in [0.5, 0.6) is 0 Å². The van der Waals surface area contributed by atoms with Gasteiger partial charge in [0.05, 0.1) is 17.9 Å². The quantitative estimate of drug-likeness (QED) is 0.632. The van der Waals surface area contributed by atoms with Gasteiger partial charge in [0.25, 0.3) is 0 Å². The molecule has 5 atom stereocenters. The fourth-order valence-electron chi connectivity index (χ4n) is 6.32. The zero-order chi connectivity index (χ0) is 24.0. The molecule has 2 saturated heterocycles. The summed E-state index contributed by atoms with van der Waals surface area (Å²) in [6.07, 6.45) is 9.33. The highest BCUT2D eigenvalue weighted by molar-refractivity contribution is 6.02. The number of fused-ring (bicyclic) bond motifs is 1. The van der Waals surface area contributed by atoms with Crippen LogP contribution in [-0.4, -0.2) is 53.0 Å². The molecule has 2 bridgehead atoms. The Labute approximate surface area is 201 Å². The number of hydrogen-bond acceptors (Lipinski definition) is 4. The second-order valence-corrected chi connectivity index (χ2v) is 10.4. The van der Waals surface area contributed by atoms with Crippen molar-refractivity contribution in [1.29, 1.82) is 0 Å². The molecular formula is C27H35N3O4. The van der Waals surface area contributed by atoms with Crippen molar-refractivity contribution in [3.05, 3.63) is 41.5 Å². The minimum absolute atomic E-state index is 0.140. The van der Waals surface area contributed by atoms with Crippen LogP contribution in [0.4, 0.5) is 5.69 Å². The van der Waals surface area contributed by atoms with Crippen LogP contribution in [0.15, 0.2) is 30.4 Å². The van der Waals surface area contributed by atoms with E-state index in [1.54, 1.807) is 4.90 Å². The van der Waals surface area contributed by atoms with Gasteiger partial charge >= 0.3 is 0 Å². The van der Waals surface area contributed by atoms with Gasteiger partial charge in [-0.25, -0.2) is 0 Å². The summed E-state index contributed by atoms with van der Waals surface area (Å²) in [5.41, 5.74) is 1.86. The van der Waals surface area contributed by atoms with Crippen molar-refractivity contribution >= 4 is 23.4 Å². The van der Waals surface area contributed by atoms with Crippen molar-refractivity contribution < 1.29 is 19.1 Å². The molecule has 1 aromatic carbocycles. The fourth-order valence-corrected chi connectivity index (χ4v) is 6.32. The molecule has 5 unspecified atom stereocenters. The molecule has 2 N–H and O–H groups in total. The van der Waals surface area contributed by atoms with Crippen molar-refractivity contribution in [3.63, 3.8) is 0 Å². The zero-order valence-electron chi connectivity index (χ0n) is 20.3. The Hall–Kier alpha value is -2.67. The summed E-state index contributed by atoms with van der Waals surface area (Å²) < 4.78 is 6.37. The summed E-state index contributed by atoms with van der Waals surface area (Å²) >= 11 is 0. The van der Waals surface area contributed by atoms with Gasteiger partial charge in [0, 0.05) is 18.3 Å². The Kier molecular flexibility index (Phi) is 6.00. The van der Waals surface area contributed by atoms with Gasteiger partial charge in [0.2, 0.25) is 17.7 Å². The number of rotatable bonds is 6. The van der Waals surface area contributed by atoms with Gasteiger partial charge in [-0.15, -0.1) is 0 Å². The predicted molar refractivity (Wildman–Crippen MR) is 129 cm³/mol. The number of aryl methyl sites for hydroxylation is 2. The Balaban J connectivity index is 1.42. The van der Waals surface area contributed by atoms with E-state index in [1.165, 1.54) is 6.42 Å². The van der Waals surface area contributed by atoms with Crippen molar-refractivity contribution in [2.75, 3.05) is 11.9 Å². The van der Waals surface area contributed by atoms with Crippen LogP contribution in [0.1, 0.15) is 56.6 Å². The lowest BCUT2D eigenvalue weighted by Crippen LogP contribution is -2.56. The highest BCUT2D eigenvalue weighted by atomic mass is 16.5. The van der Waals surface area contributed by atoms with Crippen LogP contribution < -0.4 is 10.6 Å². The molecular weight excluding hydrogens is 430 g/mol. The number of benzene rings is 1. The SMILES string of the molecule is CCCN1C(=O)C2C(C(=O)Nc3ccc(C)c(C)c3)C3C=CC2(O3)C1C(=O)NC1CCCCC1. The highest BCUT2D eigenvalue weighted by Gasteiger charge is 2.72. The van der Waals surface area contributed by atoms with Gasteiger partial charge in [0.15, 0.2) is 0 Å². The summed E-state index contributed by atoms with van der Waals surface area (Å²) in [5.74, 6) is -1.90. The van der Waals surface area contributed by atoms with Crippen molar-refractivity contribution in [1.82, 2.24) is 10.2 Å². The van der Waals surface area contributed by atoms with Gasteiger partial charge in [-0.2, -0.15) is 0 Å². The van der Waals surface area contributed by atoms with Crippen LogP contribution in [0.3, 0.4) is 0 Å². The number of amides is 3. The molecule has 4 aliphatic rings. The van der Waals surface area contributed by atoms with Crippen LogP contribution in [0.2, 0.25) is 0 Å².